The van der Waals surface area contributed by atoms with Gasteiger partial charge in [0.05, 0.1) is 61.2 Å². The van der Waals surface area contributed by atoms with E-state index in [1.54, 1.807) is 20.8 Å². The van der Waals surface area contributed by atoms with E-state index >= 15 is 0 Å². The maximum atomic E-state index is 14.6. The third-order valence-corrected chi connectivity index (χ3v) is 12.7. The smallest absolute Gasteiger partial charge is 0.408 e. The first-order chi connectivity index (χ1) is 26.9. The van der Waals surface area contributed by atoms with Crippen molar-refractivity contribution in [2.24, 2.45) is 23.7 Å². The van der Waals surface area contributed by atoms with Gasteiger partial charge < -0.3 is 48.7 Å². The van der Waals surface area contributed by atoms with Gasteiger partial charge in [-0.25, -0.2) is 4.79 Å². The quantitative estimate of drug-likeness (QED) is 0.267. The van der Waals surface area contributed by atoms with Crippen LogP contribution in [0.5, 0.6) is 0 Å². The van der Waals surface area contributed by atoms with E-state index in [0.29, 0.717) is 19.4 Å². The summed E-state index contributed by atoms with van der Waals surface area (Å²) in [6.07, 6.45) is -3.22. The van der Waals surface area contributed by atoms with Gasteiger partial charge in [0.2, 0.25) is 0 Å². The van der Waals surface area contributed by atoms with Gasteiger partial charge >= 0.3 is 18.0 Å². The number of ketones is 1. The predicted molar refractivity (Wildman–Crippen MR) is 211 cm³/mol. The van der Waals surface area contributed by atoms with Gasteiger partial charge in [-0.3, -0.25) is 14.4 Å². The van der Waals surface area contributed by atoms with Gasteiger partial charge in [0.25, 0.3) is 0 Å². The summed E-state index contributed by atoms with van der Waals surface area (Å²) in [7, 11) is 3.86. The molecule has 0 spiro atoms. The molecule has 2 N–H and O–H groups in total. The fourth-order valence-electron chi connectivity index (χ4n) is 9.62. The summed E-state index contributed by atoms with van der Waals surface area (Å²) in [5.41, 5.74) is -1.29. The first kappa shape index (κ1) is 45.0. The van der Waals surface area contributed by atoms with Crippen LogP contribution in [0.2, 0.25) is 0 Å². The van der Waals surface area contributed by atoms with Crippen LogP contribution in [0.4, 0.5) is 4.79 Å². The number of fused-ring (bicyclic) bond motifs is 4. The molecular weight excluding hydrogens is 734 g/mol. The van der Waals surface area contributed by atoms with E-state index < -0.39 is 89.7 Å². The fourth-order valence-corrected chi connectivity index (χ4v) is 9.62. The average molecular weight is 802 g/mol. The van der Waals surface area contributed by atoms with Crippen molar-refractivity contribution >= 4 is 23.8 Å². The zero-order valence-corrected chi connectivity index (χ0v) is 35.8. The Balaban J connectivity index is 1.60. The number of hydrogen-bond acceptors (Lipinski definition) is 13. The number of Topliss-reactive ketones (excluding diaryl/α,β-unsaturated/α-hetero) is 1. The second-order valence-corrected chi connectivity index (χ2v) is 17.5. The lowest BCUT2D eigenvalue weighted by molar-refractivity contribution is -0.304. The molecule has 4 saturated heterocycles. The van der Waals surface area contributed by atoms with Crippen LogP contribution in [0.15, 0.2) is 30.3 Å². The minimum absolute atomic E-state index is 0.113. The largest absolute Gasteiger partial charge is 0.458 e. The molecule has 320 valence electrons. The summed E-state index contributed by atoms with van der Waals surface area (Å²) >= 11 is 0. The summed E-state index contributed by atoms with van der Waals surface area (Å²) < 4.78 is 45.5. The van der Waals surface area contributed by atoms with Crippen molar-refractivity contribution in [3.05, 3.63) is 35.9 Å². The molecular formula is C43H67N3O11. The first-order valence-corrected chi connectivity index (χ1v) is 20.8. The molecule has 4 heterocycles. The molecule has 0 aliphatic carbocycles. The van der Waals surface area contributed by atoms with Crippen LogP contribution in [0.25, 0.3) is 0 Å². The Morgan fingerprint density at radius 2 is 1.72 bits per heavy atom. The summed E-state index contributed by atoms with van der Waals surface area (Å²) in [5, 5.41) is 6.48. The lowest BCUT2D eigenvalue weighted by Crippen LogP contribution is -2.61. The molecule has 0 radical (unpaired) electrons. The Morgan fingerprint density at radius 1 is 1.02 bits per heavy atom. The molecule has 0 saturated carbocycles. The number of carbonyl (C=O) groups excluding carboxylic acids is 4. The third-order valence-electron chi connectivity index (χ3n) is 12.7. The molecule has 0 aromatic heterocycles. The van der Waals surface area contributed by atoms with Crippen molar-refractivity contribution in [3.8, 4) is 0 Å². The number of nitrogens with zero attached hydrogens (tertiary/aromatic N) is 1. The molecule has 4 aliphatic rings. The van der Waals surface area contributed by atoms with Gasteiger partial charge in [-0.15, -0.1) is 0 Å². The van der Waals surface area contributed by atoms with Crippen molar-refractivity contribution in [2.45, 2.75) is 154 Å². The minimum Gasteiger partial charge on any atom is -0.458 e. The maximum absolute atomic E-state index is 14.6. The zero-order valence-electron chi connectivity index (χ0n) is 35.8. The second-order valence-electron chi connectivity index (χ2n) is 17.5. The highest BCUT2D eigenvalue weighted by Crippen LogP contribution is 2.42. The molecule has 5 rings (SSSR count). The van der Waals surface area contributed by atoms with Crippen molar-refractivity contribution in [1.82, 2.24) is 15.5 Å². The number of alkyl carbamates (subject to hydrolysis) is 1. The summed E-state index contributed by atoms with van der Waals surface area (Å²) in [5.74, 6) is -3.76. The number of likely N-dealkylation sites (N-methyl/N-ethyl adjacent to an activating group) is 1. The van der Waals surface area contributed by atoms with Gasteiger partial charge in [0.1, 0.15) is 11.9 Å². The molecule has 14 nitrogen and oxygen atoms in total. The SMILES string of the molecule is CC[C@H]1OC(=O)[C@H](C)[C@H]2OCC(NCCc3ccccc3)CO[C@](C)(C[C@@H](C)C(=O)[C@H](C)[C@H]3NC(=O)O[C@@]31C)[C@H](OC1O[C@H](C)C[C@H](N(C)C)[C@H]1OC(C)=O)[C@H]2C. The monoisotopic (exact) mass is 801 g/mol. The van der Waals surface area contributed by atoms with E-state index in [0.717, 1.165) is 6.42 Å². The number of hydrogen-bond donors (Lipinski definition) is 2. The van der Waals surface area contributed by atoms with E-state index in [4.69, 9.17) is 33.2 Å². The summed E-state index contributed by atoms with van der Waals surface area (Å²) in [4.78, 5) is 56.4. The lowest BCUT2D eigenvalue weighted by Gasteiger charge is -2.49. The van der Waals surface area contributed by atoms with Gasteiger partial charge in [-0.1, -0.05) is 58.0 Å². The number of carbonyl (C=O) groups is 4. The Morgan fingerprint density at radius 3 is 2.37 bits per heavy atom. The second kappa shape index (κ2) is 18.8. The average Bonchev–Trinajstić information content (AvgIpc) is 3.49. The number of benzene rings is 1. The molecule has 15 atom stereocenters. The number of rotatable bonds is 9. The third kappa shape index (κ3) is 10.2. The maximum Gasteiger partial charge on any atom is 0.408 e. The number of amides is 1. The van der Waals surface area contributed by atoms with E-state index in [1.807, 2.05) is 71.8 Å². The summed E-state index contributed by atoms with van der Waals surface area (Å²) in [6.45, 7) is 17.3. The Hall–Kier alpha value is -3.14. The highest BCUT2D eigenvalue weighted by Gasteiger charge is 2.58. The van der Waals surface area contributed by atoms with Crippen LogP contribution in [0.3, 0.4) is 0 Å². The highest BCUT2D eigenvalue weighted by atomic mass is 16.7. The summed E-state index contributed by atoms with van der Waals surface area (Å²) in [6, 6.07) is 8.92. The Labute approximate surface area is 338 Å². The van der Waals surface area contributed by atoms with E-state index in [1.165, 1.54) is 12.5 Å². The van der Waals surface area contributed by atoms with Gasteiger partial charge in [-0.2, -0.15) is 0 Å². The Kier molecular flexibility index (Phi) is 14.9. The van der Waals surface area contributed by atoms with Crippen molar-refractivity contribution < 1.29 is 52.3 Å². The van der Waals surface area contributed by atoms with E-state index in [-0.39, 0.29) is 43.6 Å². The molecule has 14 heteroatoms. The van der Waals surface area contributed by atoms with Crippen molar-refractivity contribution in [2.75, 3.05) is 33.9 Å². The number of ether oxygens (including phenoxy) is 7. The topological polar surface area (TPSA) is 160 Å². The fraction of sp³-hybridized carbons (Fsp3) is 0.767. The first-order valence-electron chi connectivity index (χ1n) is 20.8. The zero-order chi connectivity index (χ0) is 41.8. The molecule has 4 aliphatic heterocycles. The molecule has 4 fully saturated rings. The normalized spacial score (nSPS) is 40.8. The Bertz CT molecular complexity index is 1550. The van der Waals surface area contributed by atoms with Crippen LogP contribution < -0.4 is 10.6 Å². The molecule has 2 unspecified atom stereocenters. The van der Waals surface area contributed by atoms with Gasteiger partial charge in [0, 0.05) is 24.7 Å². The van der Waals surface area contributed by atoms with Crippen LogP contribution in [0.1, 0.15) is 87.1 Å². The molecule has 1 aromatic carbocycles. The predicted octanol–water partition coefficient (Wildman–Crippen LogP) is 4.45. The van der Waals surface area contributed by atoms with Crippen molar-refractivity contribution in [3.63, 3.8) is 0 Å². The number of esters is 2. The van der Waals surface area contributed by atoms with E-state index in [2.05, 4.69) is 22.8 Å². The standard InChI is InChI=1S/C43H67N3O11/c1-12-33-43(9)37(45-41(50)57-43)26(4)34(48)24(2)21-42(8)38(56-40-36(54-29(7)47)32(46(10)11)20-25(3)53-40)27(5)35(28(6)39(49)55-33)51-22-31(23-52-42)44-19-18-30-16-14-13-15-17-30/h13-17,24-28,31-33,35-38,40,44H,12,18-23H2,1-11H3,(H,45,50)/t24-,25-,26+,27+,28-,31?,32+,33-,35+,36-,37-,38-,40?,42-,43-/m1/s1. The van der Waals surface area contributed by atoms with Crippen molar-refractivity contribution in [1.29, 1.82) is 0 Å². The van der Waals surface area contributed by atoms with Crippen LogP contribution in [-0.4, -0.2) is 129 Å². The molecule has 2 bridgehead atoms. The molecule has 57 heavy (non-hydrogen) atoms. The minimum atomic E-state index is -1.31. The van der Waals surface area contributed by atoms with Crippen LogP contribution in [0, 0.1) is 23.7 Å². The van der Waals surface area contributed by atoms with Crippen LogP contribution >= 0.6 is 0 Å². The molecule has 1 aromatic rings. The number of nitrogens with one attached hydrogen (secondary N) is 2. The highest BCUT2D eigenvalue weighted by molar-refractivity contribution is 5.85. The van der Waals surface area contributed by atoms with E-state index in [9.17, 15) is 19.2 Å². The van der Waals surface area contributed by atoms with Crippen LogP contribution in [-0.2, 0) is 54.0 Å². The number of cyclic esters (lactones) is 1. The van der Waals surface area contributed by atoms with Gasteiger partial charge in [-0.05, 0) is 79.6 Å². The van der Waals surface area contributed by atoms with Gasteiger partial charge in [0.15, 0.2) is 18.0 Å². The molecule has 1 amide bonds. The lowest BCUT2D eigenvalue weighted by atomic mass is 9.73.